The lowest BCUT2D eigenvalue weighted by Gasteiger charge is -2.19. The molecule has 0 radical (unpaired) electrons. The second-order valence-corrected chi connectivity index (χ2v) is 5.29. The van der Waals surface area contributed by atoms with Crippen LogP contribution in [0, 0.1) is 5.92 Å². The van der Waals surface area contributed by atoms with Crippen LogP contribution in [0.4, 0.5) is 11.4 Å². The largest absolute Gasteiger partial charge is 0.395 e. The first-order valence-corrected chi connectivity index (χ1v) is 7.03. The molecule has 0 spiro atoms. The van der Waals surface area contributed by atoms with Crippen LogP contribution < -0.4 is 10.2 Å². The summed E-state index contributed by atoms with van der Waals surface area (Å²) in [5.74, 6) is -0.391. The van der Waals surface area contributed by atoms with E-state index < -0.39 is 6.10 Å². The third-order valence-corrected chi connectivity index (χ3v) is 3.83. The van der Waals surface area contributed by atoms with Gasteiger partial charge in [-0.15, -0.1) is 0 Å². The number of hydrogen-bond acceptors (Lipinski definition) is 4. The molecule has 3 N–H and O–H groups in total. The second-order valence-electron chi connectivity index (χ2n) is 5.29. The molecule has 1 aromatic rings. The van der Waals surface area contributed by atoms with Gasteiger partial charge in [-0.3, -0.25) is 4.79 Å². The summed E-state index contributed by atoms with van der Waals surface area (Å²) in [6.07, 6.45) is 1.86. The quantitative estimate of drug-likeness (QED) is 0.757. The van der Waals surface area contributed by atoms with Gasteiger partial charge in [0.25, 0.3) is 0 Å². The molecule has 1 saturated carbocycles. The fourth-order valence-corrected chi connectivity index (χ4v) is 2.56. The van der Waals surface area contributed by atoms with Crippen molar-refractivity contribution in [2.75, 3.05) is 30.4 Å². The zero-order valence-electron chi connectivity index (χ0n) is 11.7. The summed E-state index contributed by atoms with van der Waals surface area (Å²) >= 11 is 0. The maximum absolute atomic E-state index is 12.0. The summed E-state index contributed by atoms with van der Waals surface area (Å²) in [5, 5.41) is 21.5. The van der Waals surface area contributed by atoms with Crippen LogP contribution in [0.2, 0.25) is 0 Å². The Balaban J connectivity index is 1.95. The zero-order chi connectivity index (χ0) is 14.5. The number of carbonyl (C=O) groups excluding carboxylic acids is 1. The predicted molar refractivity (Wildman–Crippen MR) is 78.8 cm³/mol. The Kier molecular flexibility index (Phi) is 4.98. The highest BCUT2D eigenvalue weighted by atomic mass is 16.3. The standard InChI is InChI=1S/C15H22N2O3/c1-17(9-10-18)12-7-5-11(6-8-12)16-15(20)13-3-2-4-14(13)19/h5-8,13-14,18-19H,2-4,9-10H2,1H3,(H,16,20). The van der Waals surface area contributed by atoms with E-state index in [-0.39, 0.29) is 18.4 Å². The summed E-state index contributed by atoms with van der Waals surface area (Å²) in [6.45, 7) is 0.675. The maximum atomic E-state index is 12.0. The van der Waals surface area contributed by atoms with Crippen molar-refractivity contribution in [2.45, 2.75) is 25.4 Å². The van der Waals surface area contributed by atoms with E-state index in [1.165, 1.54) is 0 Å². The zero-order valence-corrected chi connectivity index (χ0v) is 11.7. The monoisotopic (exact) mass is 278 g/mol. The summed E-state index contributed by atoms with van der Waals surface area (Å²) in [5.41, 5.74) is 1.72. The number of hydrogen-bond donors (Lipinski definition) is 3. The first kappa shape index (κ1) is 14.8. The summed E-state index contributed by atoms with van der Waals surface area (Å²) < 4.78 is 0. The van der Waals surface area contributed by atoms with Gasteiger partial charge in [-0.1, -0.05) is 0 Å². The molecule has 20 heavy (non-hydrogen) atoms. The van der Waals surface area contributed by atoms with Crippen molar-refractivity contribution in [1.82, 2.24) is 0 Å². The summed E-state index contributed by atoms with van der Waals surface area (Å²) in [7, 11) is 1.90. The molecule has 1 aliphatic rings. The van der Waals surface area contributed by atoms with Gasteiger partial charge in [0.2, 0.25) is 5.91 Å². The van der Waals surface area contributed by atoms with Gasteiger partial charge in [-0.25, -0.2) is 0 Å². The van der Waals surface area contributed by atoms with E-state index in [0.29, 0.717) is 13.0 Å². The van der Waals surface area contributed by atoms with E-state index in [1.807, 2.05) is 36.2 Å². The van der Waals surface area contributed by atoms with Crippen molar-refractivity contribution in [3.8, 4) is 0 Å². The van der Waals surface area contributed by atoms with Crippen molar-refractivity contribution in [3.63, 3.8) is 0 Å². The SMILES string of the molecule is CN(CCO)c1ccc(NC(=O)C2CCCC2O)cc1. The number of amides is 1. The van der Waals surface area contributed by atoms with Gasteiger partial charge in [0.1, 0.15) is 0 Å². The summed E-state index contributed by atoms with van der Waals surface area (Å²) in [6, 6.07) is 7.47. The Bertz CT molecular complexity index is 447. The molecule has 0 heterocycles. The minimum absolute atomic E-state index is 0.105. The lowest BCUT2D eigenvalue weighted by molar-refractivity contribution is -0.122. The van der Waals surface area contributed by atoms with Crippen LogP contribution in [-0.2, 0) is 4.79 Å². The number of anilines is 2. The Morgan fingerprint density at radius 1 is 1.35 bits per heavy atom. The van der Waals surface area contributed by atoms with Gasteiger partial charge in [0.15, 0.2) is 0 Å². The van der Waals surface area contributed by atoms with Crippen molar-refractivity contribution >= 4 is 17.3 Å². The predicted octanol–water partition coefficient (Wildman–Crippen LogP) is 1.21. The van der Waals surface area contributed by atoms with Crippen molar-refractivity contribution in [1.29, 1.82) is 0 Å². The number of benzene rings is 1. The highest BCUT2D eigenvalue weighted by Crippen LogP contribution is 2.27. The molecule has 0 aromatic heterocycles. The number of likely N-dealkylation sites (N-methyl/N-ethyl adjacent to an activating group) is 1. The van der Waals surface area contributed by atoms with Gasteiger partial charge in [-0.2, -0.15) is 0 Å². The smallest absolute Gasteiger partial charge is 0.230 e. The van der Waals surface area contributed by atoms with Crippen molar-refractivity contribution < 1.29 is 15.0 Å². The Morgan fingerprint density at radius 3 is 2.60 bits per heavy atom. The lowest BCUT2D eigenvalue weighted by atomic mass is 10.1. The van der Waals surface area contributed by atoms with Gasteiger partial charge < -0.3 is 20.4 Å². The summed E-state index contributed by atoms with van der Waals surface area (Å²) in [4.78, 5) is 14.0. The van der Waals surface area contributed by atoms with E-state index in [4.69, 9.17) is 5.11 Å². The molecule has 5 nitrogen and oxygen atoms in total. The third-order valence-electron chi connectivity index (χ3n) is 3.83. The maximum Gasteiger partial charge on any atom is 0.230 e. The van der Waals surface area contributed by atoms with Crippen LogP contribution in [-0.4, -0.2) is 42.4 Å². The lowest BCUT2D eigenvalue weighted by Crippen LogP contribution is -2.28. The van der Waals surface area contributed by atoms with Crippen molar-refractivity contribution in [3.05, 3.63) is 24.3 Å². The van der Waals surface area contributed by atoms with Crippen molar-refractivity contribution in [2.24, 2.45) is 5.92 Å². The van der Waals surface area contributed by atoms with E-state index in [2.05, 4.69) is 5.32 Å². The minimum Gasteiger partial charge on any atom is -0.395 e. The van der Waals surface area contributed by atoms with Crippen LogP contribution in [0.15, 0.2) is 24.3 Å². The Labute approximate surface area is 119 Å². The molecule has 110 valence electrons. The topological polar surface area (TPSA) is 72.8 Å². The van der Waals surface area contributed by atoms with Crippen LogP contribution in [0.3, 0.4) is 0 Å². The number of rotatable bonds is 5. The molecule has 5 heteroatoms. The van der Waals surface area contributed by atoms with Gasteiger partial charge >= 0.3 is 0 Å². The number of aliphatic hydroxyl groups excluding tert-OH is 2. The molecule has 2 rings (SSSR count). The fraction of sp³-hybridized carbons (Fsp3) is 0.533. The third kappa shape index (κ3) is 3.49. The molecule has 1 amide bonds. The van der Waals surface area contributed by atoms with Gasteiger partial charge in [-0.05, 0) is 43.5 Å². The molecule has 2 atom stereocenters. The molecular weight excluding hydrogens is 256 g/mol. The number of nitrogens with one attached hydrogen (secondary N) is 1. The molecule has 0 aliphatic heterocycles. The van der Waals surface area contributed by atoms with Gasteiger partial charge in [0, 0.05) is 25.0 Å². The molecular formula is C15H22N2O3. The number of aliphatic hydroxyl groups is 2. The fourth-order valence-electron chi connectivity index (χ4n) is 2.56. The highest BCUT2D eigenvalue weighted by Gasteiger charge is 2.31. The molecule has 1 fully saturated rings. The van der Waals surface area contributed by atoms with Crippen LogP contribution >= 0.6 is 0 Å². The molecule has 2 unspecified atom stereocenters. The number of carbonyl (C=O) groups is 1. The van der Waals surface area contributed by atoms with Crippen LogP contribution in [0.25, 0.3) is 0 Å². The average Bonchev–Trinajstić information content (AvgIpc) is 2.86. The number of nitrogens with zero attached hydrogens (tertiary/aromatic N) is 1. The van der Waals surface area contributed by atoms with Gasteiger partial charge in [0.05, 0.1) is 18.6 Å². The van der Waals surface area contributed by atoms with Crippen LogP contribution in [0.1, 0.15) is 19.3 Å². The first-order chi connectivity index (χ1) is 9.61. The van der Waals surface area contributed by atoms with E-state index in [0.717, 1.165) is 24.2 Å². The molecule has 1 aromatic carbocycles. The normalized spacial score (nSPS) is 21.8. The molecule has 0 bridgehead atoms. The van der Waals surface area contributed by atoms with E-state index >= 15 is 0 Å². The van der Waals surface area contributed by atoms with E-state index in [1.54, 1.807) is 0 Å². The van der Waals surface area contributed by atoms with Crippen LogP contribution in [0.5, 0.6) is 0 Å². The van der Waals surface area contributed by atoms with E-state index in [9.17, 15) is 9.90 Å². The average molecular weight is 278 g/mol. The minimum atomic E-state index is -0.509. The first-order valence-electron chi connectivity index (χ1n) is 7.03. The Hall–Kier alpha value is -1.59. The molecule has 0 saturated heterocycles. The second kappa shape index (κ2) is 6.72. The highest BCUT2D eigenvalue weighted by molar-refractivity contribution is 5.93. The molecule has 1 aliphatic carbocycles. The Morgan fingerprint density at radius 2 is 2.05 bits per heavy atom.